The van der Waals surface area contributed by atoms with Gasteiger partial charge in [-0.1, -0.05) is 48.5 Å². The van der Waals surface area contributed by atoms with E-state index in [1.807, 2.05) is 18.2 Å². The second kappa shape index (κ2) is 9.17. The molecule has 0 N–H and O–H groups in total. The van der Waals surface area contributed by atoms with Gasteiger partial charge in [-0.15, -0.1) is 0 Å². The number of nitrogens with zero attached hydrogens (tertiary/aromatic N) is 1. The molecule has 4 rings (SSSR count). The van der Waals surface area contributed by atoms with Crippen LogP contribution in [0.4, 0.5) is 0 Å². The molecular weight excluding hydrogens is 382 g/mol. The van der Waals surface area contributed by atoms with Crippen LogP contribution in [0.25, 0.3) is 5.76 Å². The summed E-state index contributed by atoms with van der Waals surface area (Å²) in [5.41, 5.74) is 4.82. The summed E-state index contributed by atoms with van der Waals surface area (Å²) in [6.07, 6.45) is 0. The molecule has 0 aliphatic carbocycles. The van der Waals surface area contributed by atoms with Crippen LogP contribution in [0.2, 0.25) is 0 Å². The third kappa shape index (κ3) is 4.31. The highest BCUT2D eigenvalue weighted by atomic mass is 35.5. The smallest absolute Gasteiger partial charge is 0.136 e. The van der Waals surface area contributed by atoms with E-state index in [0.717, 1.165) is 29.4 Å². The number of methoxy groups -OCH3 is 1. The van der Waals surface area contributed by atoms with Crippen LogP contribution < -0.4 is 21.9 Å². The monoisotopic (exact) mass is 406 g/mol. The van der Waals surface area contributed by atoms with Crippen LogP contribution in [-0.4, -0.2) is 32.6 Å². The first-order valence-electron chi connectivity index (χ1n) is 9.51. The number of halogens is 1. The highest BCUT2D eigenvalue weighted by molar-refractivity contribution is 5.73. The summed E-state index contributed by atoms with van der Waals surface area (Å²) in [4.78, 5) is 2.20. The standard InChI is InChI=1S/C25H25NO2.ClH/c1-26(2)17-22-24(18-9-5-4-6-10-18)21-11-7-8-12-23(21)28-25(22)19-13-15-20(27-3)16-14-19;/h4-16,24H,17H2,1-3H3;1H/p-1. The van der Waals surface area contributed by atoms with E-state index in [-0.39, 0.29) is 18.3 Å². The van der Waals surface area contributed by atoms with E-state index in [1.54, 1.807) is 7.11 Å². The molecule has 1 heterocycles. The number of hydrogen-bond acceptors (Lipinski definition) is 3. The van der Waals surface area contributed by atoms with E-state index in [0.29, 0.717) is 0 Å². The topological polar surface area (TPSA) is 21.7 Å². The predicted octanol–water partition coefficient (Wildman–Crippen LogP) is 2.20. The van der Waals surface area contributed by atoms with Gasteiger partial charge in [-0.3, -0.25) is 0 Å². The largest absolute Gasteiger partial charge is 1.00 e. The molecule has 0 saturated heterocycles. The SMILES string of the molecule is COc1ccc(C2=C(CN(C)C)C(c3ccccc3)c3ccccc3O2)cc1.[Cl-]. The molecule has 3 aromatic rings. The first-order valence-corrected chi connectivity index (χ1v) is 9.51. The van der Waals surface area contributed by atoms with Gasteiger partial charge in [-0.2, -0.15) is 0 Å². The second-order valence-corrected chi connectivity index (χ2v) is 7.30. The van der Waals surface area contributed by atoms with Gasteiger partial charge in [0, 0.05) is 23.6 Å². The van der Waals surface area contributed by atoms with Crippen LogP contribution in [0.3, 0.4) is 0 Å². The Hall–Kier alpha value is -2.75. The summed E-state index contributed by atoms with van der Waals surface area (Å²) in [6, 6.07) is 27.1. The van der Waals surface area contributed by atoms with Crippen LogP contribution in [0.1, 0.15) is 22.6 Å². The Morgan fingerprint density at radius 3 is 2.17 bits per heavy atom. The summed E-state index contributed by atoms with van der Waals surface area (Å²) < 4.78 is 11.8. The van der Waals surface area contributed by atoms with Crippen molar-refractivity contribution in [1.29, 1.82) is 0 Å². The molecule has 0 saturated carbocycles. The van der Waals surface area contributed by atoms with Crippen molar-refractivity contribution < 1.29 is 21.9 Å². The van der Waals surface area contributed by atoms with Gasteiger partial charge in [0.05, 0.1) is 7.11 Å². The van der Waals surface area contributed by atoms with Gasteiger partial charge in [-0.25, -0.2) is 0 Å². The number of fused-ring (bicyclic) bond motifs is 1. The lowest BCUT2D eigenvalue weighted by atomic mass is 9.81. The zero-order valence-corrected chi connectivity index (χ0v) is 17.7. The molecule has 0 aromatic heterocycles. The van der Waals surface area contributed by atoms with Gasteiger partial charge in [0.1, 0.15) is 17.3 Å². The molecule has 0 bridgehead atoms. The highest BCUT2D eigenvalue weighted by Crippen LogP contribution is 2.45. The molecule has 1 aliphatic rings. The lowest BCUT2D eigenvalue weighted by Crippen LogP contribution is -3.00. The molecular formula is C25H25ClNO2-. The predicted molar refractivity (Wildman–Crippen MR) is 114 cm³/mol. The Kier molecular flexibility index (Phi) is 6.63. The number of rotatable bonds is 5. The third-order valence-electron chi connectivity index (χ3n) is 5.05. The van der Waals surface area contributed by atoms with Gasteiger partial charge < -0.3 is 26.8 Å². The summed E-state index contributed by atoms with van der Waals surface area (Å²) >= 11 is 0. The van der Waals surface area contributed by atoms with Crippen molar-refractivity contribution in [1.82, 2.24) is 4.90 Å². The Labute approximate surface area is 179 Å². The number of ether oxygens (including phenoxy) is 2. The fourth-order valence-corrected chi connectivity index (χ4v) is 3.82. The van der Waals surface area contributed by atoms with Crippen molar-refractivity contribution in [2.24, 2.45) is 0 Å². The first-order chi connectivity index (χ1) is 13.7. The number of likely N-dealkylation sites (N-methyl/N-ethyl adjacent to an activating group) is 1. The zero-order valence-electron chi connectivity index (χ0n) is 16.9. The van der Waals surface area contributed by atoms with E-state index in [1.165, 1.54) is 16.7 Å². The fourth-order valence-electron chi connectivity index (χ4n) is 3.82. The minimum atomic E-state index is 0. The molecule has 1 unspecified atom stereocenters. The van der Waals surface area contributed by atoms with Crippen LogP contribution in [0.5, 0.6) is 11.5 Å². The van der Waals surface area contributed by atoms with Crippen LogP contribution in [0.15, 0.2) is 84.4 Å². The zero-order chi connectivity index (χ0) is 19.5. The maximum atomic E-state index is 6.47. The van der Waals surface area contributed by atoms with E-state index >= 15 is 0 Å². The second-order valence-electron chi connectivity index (χ2n) is 7.30. The molecule has 3 aromatic carbocycles. The number of hydrogen-bond donors (Lipinski definition) is 0. The molecule has 29 heavy (non-hydrogen) atoms. The van der Waals surface area contributed by atoms with E-state index in [4.69, 9.17) is 9.47 Å². The molecule has 0 radical (unpaired) electrons. The van der Waals surface area contributed by atoms with Gasteiger partial charge in [0.2, 0.25) is 0 Å². The normalized spacial score (nSPS) is 15.4. The minimum Gasteiger partial charge on any atom is -1.00 e. The maximum absolute atomic E-state index is 6.47. The summed E-state index contributed by atoms with van der Waals surface area (Å²) in [5.74, 6) is 2.86. The Morgan fingerprint density at radius 2 is 1.52 bits per heavy atom. The summed E-state index contributed by atoms with van der Waals surface area (Å²) in [6.45, 7) is 0.815. The van der Waals surface area contributed by atoms with Crippen molar-refractivity contribution in [2.45, 2.75) is 5.92 Å². The minimum absolute atomic E-state index is 0. The van der Waals surface area contributed by atoms with Gasteiger partial charge in [0.25, 0.3) is 0 Å². The van der Waals surface area contributed by atoms with Gasteiger partial charge in [0.15, 0.2) is 0 Å². The van der Waals surface area contributed by atoms with Crippen LogP contribution >= 0.6 is 0 Å². The van der Waals surface area contributed by atoms with Gasteiger partial charge >= 0.3 is 0 Å². The van der Waals surface area contributed by atoms with Crippen molar-refractivity contribution in [3.63, 3.8) is 0 Å². The number of para-hydroxylation sites is 1. The molecule has 150 valence electrons. The third-order valence-corrected chi connectivity index (χ3v) is 5.05. The maximum Gasteiger partial charge on any atom is 0.136 e. The molecule has 3 nitrogen and oxygen atoms in total. The van der Waals surface area contributed by atoms with Crippen molar-refractivity contribution in [2.75, 3.05) is 27.7 Å². The fraction of sp³-hybridized carbons (Fsp3) is 0.200. The van der Waals surface area contributed by atoms with Crippen molar-refractivity contribution >= 4 is 5.76 Å². The number of benzene rings is 3. The van der Waals surface area contributed by atoms with Crippen LogP contribution in [0, 0.1) is 0 Å². The lowest BCUT2D eigenvalue weighted by molar-refractivity contribution is -0.00000637. The molecule has 1 aliphatic heterocycles. The van der Waals surface area contributed by atoms with E-state index in [9.17, 15) is 0 Å². The first kappa shape index (κ1) is 21.0. The average molecular weight is 407 g/mol. The summed E-state index contributed by atoms with van der Waals surface area (Å²) in [5, 5.41) is 0. The highest BCUT2D eigenvalue weighted by Gasteiger charge is 2.31. The molecule has 0 amide bonds. The molecule has 0 fully saturated rings. The van der Waals surface area contributed by atoms with Crippen molar-refractivity contribution in [3.8, 4) is 11.5 Å². The summed E-state index contributed by atoms with van der Waals surface area (Å²) in [7, 11) is 5.88. The average Bonchev–Trinajstić information content (AvgIpc) is 2.73. The van der Waals surface area contributed by atoms with Crippen molar-refractivity contribution in [3.05, 3.63) is 101 Å². The van der Waals surface area contributed by atoms with Crippen LogP contribution in [-0.2, 0) is 0 Å². The molecule has 4 heteroatoms. The van der Waals surface area contributed by atoms with E-state index < -0.39 is 0 Å². The Morgan fingerprint density at radius 1 is 0.862 bits per heavy atom. The quantitative estimate of drug-likeness (QED) is 0.648. The Balaban J connectivity index is 0.00000240. The molecule has 1 atom stereocenters. The Bertz CT molecular complexity index is 981. The van der Waals surface area contributed by atoms with Gasteiger partial charge in [-0.05, 0) is 55.6 Å². The molecule has 0 spiro atoms. The lowest BCUT2D eigenvalue weighted by Gasteiger charge is -2.33. The van der Waals surface area contributed by atoms with E-state index in [2.05, 4.69) is 79.7 Å².